The van der Waals surface area contributed by atoms with Crippen LogP contribution < -0.4 is 4.90 Å². The Labute approximate surface area is 128 Å². The number of hydrogen-bond donors (Lipinski definition) is 1. The maximum absolute atomic E-state index is 12.7. The lowest BCUT2D eigenvalue weighted by atomic mass is 10.1. The molecule has 2 atom stereocenters. The molecule has 1 N–H and O–H groups in total. The maximum atomic E-state index is 12.7. The van der Waals surface area contributed by atoms with Crippen molar-refractivity contribution in [2.45, 2.75) is 25.3 Å². The van der Waals surface area contributed by atoms with Crippen LogP contribution in [0, 0.1) is 17.2 Å². The molecular formula is C15H19N3O2S. The number of rotatable bonds is 4. The van der Waals surface area contributed by atoms with Gasteiger partial charge in [-0.3, -0.25) is 9.69 Å². The van der Waals surface area contributed by atoms with Crippen molar-refractivity contribution in [3.8, 4) is 6.07 Å². The number of nitrogens with zero attached hydrogens (tertiary/aromatic N) is 3. The van der Waals surface area contributed by atoms with Crippen LogP contribution in [-0.2, 0) is 4.79 Å². The highest BCUT2D eigenvalue weighted by atomic mass is 32.1. The third-order valence-corrected chi connectivity index (χ3v) is 5.42. The molecule has 2 aliphatic rings. The highest BCUT2D eigenvalue weighted by molar-refractivity contribution is 7.14. The number of hydrogen-bond acceptors (Lipinski definition) is 5. The Bertz CT molecular complexity index is 566. The standard InChI is InChI=1S/C15H19N3O2S/c16-9-12-4-8-21-15(12)18-6-2-13(14(18)20)17-5-1-11(10-17)3-7-19/h4,8,11,13,19H,1-3,5-7,10H2/t11-,13-/m0/s1. The van der Waals surface area contributed by atoms with Gasteiger partial charge in [0.15, 0.2) is 0 Å². The van der Waals surface area contributed by atoms with Crippen LogP contribution in [0.15, 0.2) is 11.4 Å². The van der Waals surface area contributed by atoms with Gasteiger partial charge in [-0.05, 0) is 43.2 Å². The van der Waals surface area contributed by atoms with Crippen LogP contribution in [0.3, 0.4) is 0 Å². The summed E-state index contributed by atoms with van der Waals surface area (Å²) in [6.07, 6.45) is 2.71. The number of aliphatic hydroxyl groups is 1. The summed E-state index contributed by atoms with van der Waals surface area (Å²) in [5.74, 6) is 0.631. The highest BCUT2D eigenvalue weighted by Crippen LogP contribution is 2.33. The average molecular weight is 305 g/mol. The van der Waals surface area contributed by atoms with Crippen LogP contribution in [0.1, 0.15) is 24.8 Å². The van der Waals surface area contributed by atoms with E-state index in [1.165, 1.54) is 11.3 Å². The van der Waals surface area contributed by atoms with Crippen LogP contribution in [-0.4, -0.2) is 48.2 Å². The van der Waals surface area contributed by atoms with Crippen LogP contribution in [0.4, 0.5) is 5.00 Å². The number of thiophene rings is 1. The molecular weight excluding hydrogens is 286 g/mol. The fourth-order valence-electron chi connectivity index (χ4n) is 3.36. The van der Waals surface area contributed by atoms with Gasteiger partial charge in [0.1, 0.15) is 11.1 Å². The fourth-order valence-corrected chi connectivity index (χ4v) is 4.25. The molecule has 0 aliphatic carbocycles. The van der Waals surface area contributed by atoms with E-state index in [0.717, 1.165) is 37.4 Å². The summed E-state index contributed by atoms with van der Waals surface area (Å²) in [6.45, 7) is 2.76. The van der Waals surface area contributed by atoms with Gasteiger partial charge in [0, 0.05) is 19.7 Å². The molecule has 0 radical (unpaired) electrons. The zero-order valence-electron chi connectivity index (χ0n) is 11.9. The van der Waals surface area contributed by atoms with Crippen molar-refractivity contribution in [3.05, 3.63) is 17.0 Å². The summed E-state index contributed by atoms with van der Waals surface area (Å²) in [5.41, 5.74) is 0.591. The zero-order chi connectivity index (χ0) is 14.8. The van der Waals surface area contributed by atoms with Crippen molar-refractivity contribution in [2.75, 3.05) is 31.1 Å². The Morgan fingerprint density at radius 1 is 1.43 bits per heavy atom. The zero-order valence-corrected chi connectivity index (χ0v) is 12.7. The first-order chi connectivity index (χ1) is 10.2. The number of likely N-dealkylation sites (tertiary alicyclic amines) is 1. The first kappa shape index (κ1) is 14.5. The minimum Gasteiger partial charge on any atom is -0.396 e. The second-order valence-corrected chi connectivity index (χ2v) is 6.60. The van der Waals surface area contributed by atoms with Gasteiger partial charge in [0.2, 0.25) is 5.91 Å². The lowest BCUT2D eigenvalue weighted by Gasteiger charge is -2.23. The molecule has 21 heavy (non-hydrogen) atoms. The summed E-state index contributed by atoms with van der Waals surface area (Å²) in [7, 11) is 0. The Hall–Kier alpha value is -1.42. The Morgan fingerprint density at radius 3 is 3.05 bits per heavy atom. The molecule has 0 aromatic carbocycles. The number of anilines is 1. The normalized spacial score (nSPS) is 26.5. The first-order valence-electron chi connectivity index (χ1n) is 7.38. The first-order valence-corrected chi connectivity index (χ1v) is 8.26. The predicted octanol–water partition coefficient (Wildman–Crippen LogP) is 1.43. The summed E-state index contributed by atoms with van der Waals surface area (Å²) < 4.78 is 0. The minimum atomic E-state index is -0.0534. The van der Waals surface area contributed by atoms with Crippen LogP contribution in [0.25, 0.3) is 0 Å². The maximum Gasteiger partial charge on any atom is 0.245 e. The Kier molecular flexibility index (Phi) is 4.24. The number of nitriles is 1. The Balaban J connectivity index is 1.69. The van der Waals surface area contributed by atoms with E-state index >= 15 is 0 Å². The number of carbonyl (C=O) groups is 1. The van der Waals surface area contributed by atoms with E-state index in [9.17, 15) is 4.79 Å². The molecule has 1 aromatic heterocycles. The third kappa shape index (κ3) is 2.69. The molecule has 1 aromatic rings. The molecule has 5 nitrogen and oxygen atoms in total. The molecule has 0 spiro atoms. The molecule has 6 heteroatoms. The fraction of sp³-hybridized carbons (Fsp3) is 0.600. The molecule has 0 bridgehead atoms. The molecule has 3 heterocycles. The molecule has 0 unspecified atom stereocenters. The van der Waals surface area contributed by atoms with Gasteiger partial charge in [-0.2, -0.15) is 5.26 Å². The van der Waals surface area contributed by atoms with Crippen LogP contribution in [0.2, 0.25) is 0 Å². The van der Waals surface area contributed by atoms with E-state index < -0.39 is 0 Å². The van der Waals surface area contributed by atoms with E-state index in [4.69, 9.17) is 10.4 Å². The summed E-state index contributed by atoms with van der Waals surface area (Å²) >= 11 is 1.46. The van der Waals surface area contributed by atoms with Gasteiger partial charge >= 0.3 is 0 Å². The van der Waals surface area contributed by atoms with Crippen molar-refractivity contribution in [3.63, 3.8) is 0 Å². The van der Waals surface area contributed by atoms with Crippen molar-refractivity contribution in [1.82, 2.24) is 4.90 Å². The SMILES string of the molecule is N#Cc1ccsc1N1CC[C@H](N2CC[C@@H](CCO)C2)C1=O. The van der Waals surface area contributed by atoms with E-state index in [1.807, 2.05) is 5.38 Å². The van der Waals surface area contributed by atoms with Gasteiger partial charge in [0.05, 0.1) is 11.6 Å². The average Bonchev–Trinajstić information content (AvgIpc) is 3.17. The lowest BCUT2D eigenvalue weighted by Crippen LogP contribution is -2.40. The molecule has 2 saturated heterocycles. The van der Waals surface area contributed by atoms with Crippen molar-refractivity contribution in [2.24, 2.45) is 5.92 Å². The molecule has 112 valence electrons. The van der Waals surface area contributed by atoms with Crippen LogP contribution in [0.5, 0.6) is 0 Å². The minimum absolute atomic E-state index is 0.0534. The van der Waals surface area contributed by atoms with Gasteiger partial charge in [-0.1, -0.05) is 0 Å². The largest absolute Gasteiger partial charge is 0.396 e. The van der Waals surface area contributed by atoms with E-state index in [-0.39, 0.29) is 18.6 Å². The second kappa shape index (κ2) is 6.14. The predicted molar refractivity (Wildman–Crippen MR) is 81.2 cm³/mol. The summed E-state index contributed by atoms with van der Waals surface area (Å²) in [5, 5.41) is 20.8. The topological polar surface area (TPSA) is 67.6 Å². The second-order valence-electron chi connectivity index (χ2n) is 5.71. The number of amides is 1. The number of aliphatic hydroxyl groups excluding tert-OH is 1. The van der Waals surface area contributed by atoms with Gasteiger partial charge in [-0.15, -0.1) is 11.3 Å². The quantitative estimate of drug-likeness (QED) is 0.914. The summed E-state index contributed by atoms with van der Waals surface area (Å²) in [4.78, 5) is 16.7. The van der Waals surface area contributed by atoms with Crippen LogP contribution >= 0.6 is 11.3 Å². The van der Waals surface area contributed by atoms with E-state index in [0.29, 0.717) is 18.0 Å². The molecule has 3 rings (SSSR count). The summed E-state index contributed by atoms with van der Waals surface area (Å²) in [6, 6.07) is 3.87. The van der Waals surface area contributed by atoms with E-state index in [2.05, 4.69) is 11.0 Å². The van der Waals surface area contributed by atoms with Gasteiger partial charge in [-0.25, -0.2) is 0 Å². The number of carbonyl (C=O) groups excluding carboxylic acids is 1. The molecule has 1 amide bonds. The lowest BCUT2D eigenvalue weighted by molar-refractivity contribution is -0.121. The highest BCUT2D eigenvalue weighted by Gasteiger charge is 2.40. The van der Waals surface area contributed by atoms with Gasteiger partial charge < -0.3 is 10.0 Å². The van der Waals surface area contributed by atoms with Crippen molar-refractivity contribution >= 4 is 22.2 Å². The van der Waals surface area contributed by atoms with Gasteiger partial charge in [0.25, 0.3) is 0 Å². The van der Waals surface area contributed by atoms with Crippen molar-refractivity contribution < 1.29 is 9.90 Å². The molecule has 0 saturated carbocycles. The molecule has 2 aliphatic heterocycles. The smallest absolute Gasteiger partial charge is 0.245 e. The monoisotopic (exact) mass is 305 g/mol. The molecule has 2 fully saturated rings. The Morgan fingerprint density at radius 2 is 2.29 bits per heavy atom. The van der Waals surface area contributed by atoms with E-state index in [1.54, 1.807) is 11.0 Å². The van der Waals surface area contributed by atoms with Crippen molar-refractivity contribution in [1.29, 1.82) is 5.26 Å². The third-order valence-electron chi connectivity index (χ3n) is 4.48.